The second-order valence-corrected chi connectivity index (χ2v) is 18.3. The number of carbonyl (C=O) groups excluding carboxylic acids is 2. The van der Waals surface area contributed by atoms with Crippen molar-refractivity contribution in [3.63, 3.8) is 0 Å². The van der Waals surface area contributed by atoms with Gasteiger partial charge >= 0.3 is 0 Å². The Labute approximate surface area is 294 Å². The summed E-state index contributed by atoms with van der Waals surface area (Å²) >= 11 is 0. The van der Waals surface area contributed by atoms with E-state index in [0.717, 1.165) is 49.7 Å². The number of aliphatic hydroxyl groups is 1. The van der Waals surface area contributed by atoms with E-state index in [1.807, 2.05) is 48.5 Å². The first-order valence-electron chi connectivity index (χ1n) is 19.4. The lowest BCUT2D eigenvalue weighted by Gasteiger charge is -2.72. The number of anilines is 1. The molecule has 0 heterocycles. The van der Waals surface area contributed by atoms with E-state index >= 15 is 0 Å². The first kappa shape index (κ1) is 34.6. The number of hydrogen-bond donors (Lipinski definition) is 4. The number of nitrogens with two attached hydrogens (primary N) is 1. The molecule has 2 aromatic rings. The van der Waals surface area contributed by atoms with E-state index in [1.54, 1.807) is 0 Å². The number of benzene rings is 2. The Hall–Kier alpha value is -2.86. The zero-order chi connectivity index (χ0) is 34.8. The molecule has 6 heteroatoms. The van der Waals surface area contributed by atoms with Crippen LogP contribution in [0.25, 0.3) is 0 Å². The average molecular weight is 668 g/mol. The molecular weight excluding hydrogens is 606 g/mol. The van der Waals surface area contributed by atoms with Gasteiger partial charge in [-0.05, 0) is 151 Å². The molecule has 5 aliphatic rings. The summed E-state index contributed by atoms with van der Waals surface area (Å²) in [6.07, 6.45) is 13.1. The van der Waals surface area contributed by atoms with Crippen molar-refractivity contribution in [2.45, 2.75) is 124 Å². The highest BCUT2D eigenvalue weighted by Crippen LogP contribution is 2.76. The Morgan fingerprint density at radius 3 is 2.33 bits per heavy atom. The fourth-order valence-electron chi connectivity index (χ4n) is 13.2. The van der Waals surface area contributed by atoms with Crippen LogP contribution in [0.15, 0.2) is 48.5 Å². The zero-order valence-electron chi connectivity index (χ0n) is 30.7. The van der Waals surface area contributed by atoms with Crippen molar-refractivity contribution in [3.8, 4) is 0 Å². The van der Waals surface area contributed by atoms with Crippen molar-refractivity contribution in [2.75, 3.05) is 12.3 Å². The molecule has 2 aromatic carbocycles. The molecule has 6 nitrogen and oxygen atoms in total. The molecular formula is C43H61N3O3. The summed E-state index contributed by atoms with van der Waals surface area (Å²) in [4.78, 5) is 27.2. The van der Waals surface area contributed by atoms with Gasteiger partial charge in [0.2, 0.25) is 5.91 Å². The maximum atomic E-state index is 14.3. The van der Waals surface area contributed by atoms with Gasteiger partial charge in [-0.1, -0.05) is 65.3 Å². The lowest BCUT2D eigenvalue weighted by Crippen LogP contribution is -2.67. The first-order chi connectivity index (χ1) is 23.2. The van der Waals surface area contributed by atoms with Gasteiger partial charge in [0, 0.05) is 24.3 Å². The highest BCUT2D eigenvalue weighted by Gasteiger charge is 2.70. The van der Waals surface area contributed by atoms with E-state index in [4.69, 9.17) is 5.73 Å². The van der Waals surface area contributed by atoms with Gasteiger partial charge in [0.05, 0.1) is 11.5 Å². The molecule has 0 saturated heterocycles. The fourth-order valence-corrected chi connectivity index (χ4v) is 13.2. The average Bonchev–Trinajstić information content (AvgIpc) is 3.52. The van der Waals surface area contributed by atoms with Crippen LogP contribution in [-0.4, -0.2) is 29.6 Å². The van der Waals surface area contributed by atoms with Crippen molar-refractivity contribution in [3.05, 3.63) is 65.2 Å². The summed E-state index contributed by atoms with van der Waals surface area (Å²) in [6, 6.07) is 15.3. The van der Waals surface area contributed by atoms with Crippen molar-refractivity contribution in [1.82, 2.24) is 10.6 Å². The van der Waals surface area contributed by atoms with Gasteiger partial charge < -0.3 is 21.5 Å². The molecule has 5 N–H and O–H groups in total. The number of amides is 2. The number of hydrogen-bond acceptors (Lipinski definition) is 4. The van der Waals surface area contributed by atoms with Crippen LogP contribution in [0.2, 0.25) is 0 Å². The Morgan fingerprint density at radius 1 is 0.776 bits per heavy atom. The minimum Gasteiger partial charge on any atom is -0.399 e. The molecule has 0 aromatic heterocycles. The lowest BCUT2D eigenvalue weighted by molar-refractivity contribution is -0.244. The Bertz CT molecular complexity index is 1570. The summed E-state index contributed by atoms with van der Waals surface area (Å²) in [5, 5.41) is 17.5. The van der Waals surface area contributed by atoms with Gasteiger partial charge in [0.25, 0.3) is 5.91 Å². The molecule has 5 aliphatic carbocycles. The summed E-state index contributed by atoms with van der Waals surface area (Å²) in [5.41, 5.74) is 9.74. The highest BCUT2D eigenvalue weighted by molar-refractivity contribution is 5.94. The second-order valence-electron chi connectivity index (χ2n) is 18.3. The largest absolute Gasteiger partial charge is 0.399 e. The van der Waals surface area contributed by atoms with Gasteiger partial charge in [0.1, 0.15) is 0 Å². The monoisotopic (exact) mass is 667 g/mol. The van der Waals surface area contributed by atoms with E-state index < -0.39 is 0 Å². The maximum absolute atomic E-state index is 14.3. The van der Waals surface area contributed by atoms with Gasteiger partial charge in [-0.3, -0.25) is 9.59 Å². The Kier molecular flexibility index (Phi) is 8.77. The minimum atomic E-state index is -0.241. The van der Waals surface area contributed by atoms with Crippen molar-refractivity contribution >= 4 is 17.5 Å². The molecule has 8 unspecified atom stereocenters. The lowest BCUT2D eigenvalue weighted by atomic mass is 9.32. The van der Waals surface area contributed by atoms with Gasteiger partial charge in [-0.2, -0.15) is 0 Å². The third-order valence-corrected chi connectivity index (χ3v) is 16.1. The molecule has 5 saturated carbocycles. The minimum absolute atomic E-state index is 0.0245. The molecule has 0 bridgehead atoms. The summed E-state index contributed by atoms with van der Waals surface area (Å²) in [5.74, 6) is 2.50. The summed E-state index contributed by atoms with van der Waals surface area (Å²) < 4.78 is 0. The normalized spacial score (nSPS) is 39.1. The van der Waals surface area contributed by atoms with Crippen molar-refractivity contribution in [1.29, 1.82) is 0 Å². The van der Waals surface area contributed by atoms with Crippen molar-refractivity contribution < 1.29 is 14.7 Å². The number of fused-ring (bicyclic) bond motifs is 7. The van der Waals surface area contributed by atoms with E-state index in [0.29, 0.717) is 54.4 Å². The maximum Gasteiger partial charge on any atom is 0.251 e. The summed E-state index contributed by atoms with van der Waals surface area (Å²) in [7, 11) is 0. The molecule has 0 radical (unpaired) electrons. The molecule has 266 valence electrons. The molecule has 5 fully saturated rings. The fraction of sp³-hybridized carbons (Fsp3) is 0.674. The second kappa shape index (κ2) is 12.4. The molecule has 49 heavy (non-hydrogen) atoms. The number of nitrogen functional groups attached to an aromatic ring is 1. The molecule has 7 rings (SSSR count). The number of carbonyl (C=O) groups is 2. The van der Waals surface area contributed by atoms with E-state index in [9.17, 15) is 14.7 Å². The van der Waals surface area contributed by atoms with E-state index in [2.05, 4.69) is 45.3 Å². The van der Waals surface area contributed by atoms with Crippen LogP contribution in [0.3, 0.4) is 0 Å². The Balaban J connectivity index is 1.00. The van der Waals surface area contributed by atoms with Gasteiger partial charge in [0.15, 0.2) is 0 Å². The van der Waals surface area contributed by atoms with E-state index in [1.165, 1.54) is 32.1 Å². The van der Waals surface area contributed by atoms with E-state index in [-0.39, 0.29) is 45.0 Å². The Morgan fingerprint density at radius 2 is 1.55 bits per heavy atom. The van der Waals surface area contributed by atoms with Gasteiger partial charge in [-0.15, -0.1) is 0 Å². The first-order valence-corrected chi connectivity index (χ1v) is 19.4. The van der Waals surface area contributed by atoms with Gasteiger partial charge in [-0.25, -0.2) is 0 Å². The molecule has 9 atom stereocenters. The standard InChI is InChI=1S/C43H61N3O3/c1-39(2)34-17-22-42(5)35(40(34,3)21-18-36(39)47)16-15-32-33-10-7-20-43(33,24-23-41(32,42)4)38(49)45-25-19-28-8-6-9-30(26-28)37(48)46-27-29-11-13-31(44)14-12-29/h6,8-9,11-14,26,32-36,47H,7,10,15-25,27,44H2,1-5H3,(H,45,49)(H,46,48)/t32?,33?,34?,35?,36?,40?,41-,42?,43?/m1/s1. The van der Waals surface area contributed by atoms with Crippen LogP contribution >= 0.6 is 0 Å². The van der Waals surface area contributed by atoms with Crippen LogP contribution in [0.5, 0.6) is 0 Å². The summed E-state index contributed by atoms with van der Waals surface area (Å²) in [6.45, 7) is 13.6. The van der Waals surface area contributed by atoms with Crippen molar-refractivity contribution in [2.24, 2.45) is 50.7 Å². The smallest absolute Gasteiger partial charge is 0.251 e. The van der Waals surface area contributed by atoms with Crippen LogP contribution in [0.1, 0.15) is 127 Å². The molecule has 0 spiro atoms. The third kappa shape index (κ3) is 5.45. The molecule has 2 amide bonds. The SMILES string of the molecule is CC1(C)C(O)CCC2(C)C1CCC1(C)C2CCC2C3CCCC3(C(=O)NCCc3cccc(C(=O)NCc4ccc(N)cc4)c3)CC[C@]21C. The van der Waals surface area contributed by atoms with Crippen LogP contribution in [0.4, 0.5) is 5.69 Å². The topological polar surface area (TPSA) is 104 Å². The van der Waals surface area contributed by atoms with Crippen LogP contribution < -0.4 is 16.4 Å². The molecule has 0 aliphatic heterocycles. The third-order valence-electron chi connectivity index (χ3n) is 16.1. The number of nitrogens with one attached hydrogen (secondary N) is 2. The predicted molar refractivity (Wildman–Crippen MR) is 196 cm³/mol. The zero-order valence-corrected chi connectivity index (χ0v) is 30.7. The predicted octanol–water partition coefficient (Wildman–Crippen LogP) is 8.07. The number of rotatable bonds is 7. The number of aliphatic hydroxyl groups excluding tert-OH is 1. The van der Waals surface area contributed by atoms with Crippen LogP contribution in [0, 0.1) is 50.7 Å². The quantitative estimate of drug-likeness (QED) is 0.224. The highest BCUT2D eigenvalue weighted by atomic mass is 16.3. The van der Waals surface area contributed by atoms with Crippen LogP contribution in [-0.2, 0) is 17.8 Å².